The molecule has 1 fully saturated rings. The first-order valence-electron chi connectivity index (χ1n) is 7.68. The van der Waals surface area contributed by atoms with Crippen LogP contribution in [-0.4, -0.2) is 28.1 Å². The van der Waals surface area contributed by atoms with Crippen LogP contribution in [-0.2, 0) is 11.2 Å². The first-order chi connectivity index (χ1) is 11.1. The van der Waals surface area contributed by atoms with E-state index in [1.165, 1.54) is 11.3 Å². The van der Waals surface area contributed by atoms with Gasteiger partial charge in [-0.05, 0) is 34.8 Å². The van der Waals surface area contributed by atoms with Crippen molar-refractivity contribution < 1.29 is 9.32 Å². The molecule has 0 saturated heterocycles. The number of amides is 1. The summed E-state index contributed by atoms with van der Waals surface area (Å²) in [5.74, 6) is 1.04. The average Bonchev–Trinajstić information content (AvgIpc) is 3.26. The molecule has 0 bridgehead atoms. The van der Waals surface area contributed by atoms with Gasteiger partial charge in [-0.1, -0.05) is 18.0 Å². The Bertz CT molecular complexity index is 685. The molecule has 1 aliphatic carbocycles. The van der Waals surface area contributed by atoms with Gasteiger partial charge in [-0.25, -0.2) is 0 Å². The molecule has 0 spiro atoms. The molecule has 2 aromatic rings. The number of nitrogens with one attached hydrogen (secondary N) is 1. The molecule has 0 aromatic carbocycles. The topological polar surface area (TPSA) is 94.0 Å². The Kier molecular flexibility index (Phi) is 6.79. The monoisotopic (exact) mass is 434 g/mol. The highest BCUT2D eigenvalue weighted by Crippen LogP contribution is 2.29. The van der Waals surface area contributed by atoms with Crippen LogP contribution in [0.3, 0.4) is 0 Å². The van der Waals surface area contributed by atoms with E-state index in [1.54, 1.807) is 0 Å². The van der Waals surface area contributed by atoms with Crippen molar-refractivity contribution in [3.8, 4) is 10.7 Å². The Labute approximate surface area is 159 Å². The van der Waals surface area contributed by atoms with Crippen LogP contribution in [0.2, 0.25) is 0 Å². The molecule has 132 valence electrons. The van der Waals surface area contributed by atoms with E-state index in [4.69, 9.17) is 10.3 Å². The number of halogens is 2. The third kappa shape index (κ3) is 4.56. The van der Waals surface area contributed by atoms with Gasteiger partial charge in [-0.2, -0.15) is 4.98 Å². The lowest BCUT2D eigenvalue weighted by molar-refractivity contribution is -0.123. The molecular formula is C15H20BrClN4O2S. The molecule has 9 heteroatoms. The van der Waals surface area contributed by atoms with Gasteiger partial charge in [0.25, 0.3) is 0 Å². The highest BCUT2D eigenvalue weighted by atomic mass is 79.9. The van der Waals surface area contributed by atoms with Crippen LogP contribution < -0.4 is 11.1 Å². The van der Waals surface area contributed by atoms with Crippen molar-refractivity contribution in [3.05, 3.63) is 21.8 Å². The number of aromatic nitrogens is 2. The molecule has 2 heterocycles. The number of nitrogens with two attached hydrogens (primary N) is 1. The zero-order chi connectivity index (χ0) is 16.3. The summed E-state index contributed by atoms with van der Waals surface area (Å²) < 4.78 is 6.22. The summed E-state index contributed by atoms with van der Waals surface area (Å²) in [7, 11) is 0. The summed E-state index contributed by atoms with van der Waals surface area (Å²) in [5, 5.41) is 9.02. The van der Waals surface area contributed by atoms with Crippen molar-refractivity contribution in [2.45, 2.75) is 44.1 Å². The van der Waals surface area contributed by atoms with Crippen LogP contribution in [0.4, 0.5) is 0 Å². The van der Waals surface area contributed by atoms with Crippen molar-refractivity contribution in [2.75, 3.05) is 6.54 Å². The van der Waals surface area contributed by atoms with Gasteiger partial charge in [-0.15, -0.1) is 23.7 Å². The van der Waals surface area contributed by atoms with E-state index in [0.717, 1.165) is 35.0 Å². The van der Waals surface area contributed by atoms with Gasteiger partial charge in [0.2, 0.25) is 17.6 Å². The fraction of sp³-hybridized carbons (Fsp3) is 0.533. The minimum Gasteiger partial charge on any atom is -0.349 e. The Morgan fingerprint density at radius 3 is 2.83 bits per heavy atom. The van der Waals surface area contributed by atoms with Crippen molar-refractivity contribution in [2.24, 2.45) is 5.73 Å². The number of carbonyl (C=O) groups excluding carboxylic acids is 1. The highest BCUT2D eigenvalue weighted by Gasteiger charge is 2.33. The second-order valence-electron chi connectivity index (χ2n) is 5.88. The third-order valence-electron chi connectivity index (χ3n) is 4.18. The zero-order valence-corrected chi connectivity index (χ0v) is 16.3. The number of nitrogens with zero attached hydrogens (tertiary/aromatic N) is 2. The fourth-order valence-electron chi connectivity index (χ4n) is 2.90. The van der Waals surface area contributed by atoms with Gasteiger partial charge in [0.05, 0.1) is 10.4 Å². The second-order valence-corrected chi connectivity index (χ2v) is 7.71. The molecule has 6 nitrogen and oxygen atoms in total. The van der Waals surface area contributed by atoms with Gasteiger partial charge in [-0.3, -0.25) is 4.79 Å². The SMILES string of the molecule is Cl.NCC1(NC(=O)CCc2nc(-c3cc(Br)cs3)no2)CCCC1. The maximum absolute atomic E-state index is 12.2. The smallest absolute Gasteiger partial charge is 0.227 e. The molecule has 3 rings (SSSR count). The number of rotatable bonds is 6. The van der Waals surface area contributed by atoms with Crippen LogP contribution in [0.5, 0.6) is 0 Å². The quantitative estimate of drug-likeness (QED) is 0.726. The minimum absolute atomic E-state index is 0. The van der Waals surface area contributed by atoms with Crippen LogP contribution in [0, 0.1) is 0 Å². The van der Waals surface area contributed by atoms with Gasteiger partial charge in [0.15, 0.2) is 0 Å². The van der Waals surface area contributed by atoms with E-state index in [0.29, 0.717) is 31.1 Å². The predicted octanol–water partition coefficient (Wildman–Crippen LogP) is 3.30. The van der Waals surface area contributed by atoms with E-state index in [1.807, 2.05) is 11.4 Å². The number of thiophene rings is 1. The summed E-state index contributed by atoms with van der Waals surface area (Å²) in [6.45, 7) is 0.497. The van der Waals surface area contributed by atoms with Crippen LogP contribution in [0.15, 0.2) is 20.4 Å². The molecule has 0 radical (unpaired) electrons. The summed E-state index contributed by atoms with van der Waals surface area (Å²) >= 11 is 4.94. The summed E-state index contributed by atoms with van der Waals surface area (Å²) in [5.41, 5.74) is 5.63. The number of hydrogen-bond acceptors (Lipinski definition) is 6. The number of aryl methyl sites for hydroxylation is 1. The lowest BCUT2D eigenvalue weighted by Crippen LogP contribution is -2.51. The van der Waals surface area contributed by atoms with E-state index in [9.17, 15) is 4.79 Å². The summed E-state index contributed by atoms with van der Waals surface area (Å²) in [6, 6.07) is 1.94. The largest absolute Gasteiger partial charge is 0.349 e. The van der Waals surface area contributed by atoms with E-state index in [2.05, 4.69) is 31.4 Å². The van der Waals surface area contributed by atoms with Gasteiger partial charge in [0.1, 0.15) is 0 Å². The van der Waals surface area contributed by atoms with Crippen LogP contribution in [0.1, 0.15) is 38.0 Å². The predicted molar refractivity (Wildman–Crippen MR) is 99.3 cm³/mol. The minimum atomic E-state index is -0.208. The summed E-state index contributed by atoms with van der Waals surface area (Å²) in [4.78, 5) is 17.4. The molecule has 1 saturated carbocycles. The molecule has 0 atom stereocenters. The molecule has 0 aliphatic heterocycles. The van der Waals surface area contributed by atoms with E-state index < -0.39 is 0 Å². The van der Waals surface area contributed by atoms with E-state index in [-0.39, 0.29) is 23.9 Å². The first kappa shape index (κ1) is 19.4. The number of carbonyl (C=O) groups is 1. The van der Waals surface area contributed by atoms with Crippen molar-refractivity contribution in [1.29, 1.82) is 0 Å². The summed E-state index contributed by atoms with van der Waals surface area (Å²) in [6.07, 6.45) is 4.95. The Morgan fingerprint density at radius 1 is 1.46 bits per heavy atom. The lowest BCUT2D eigenvalue weighted by Gasteiger charge is -2.28. The Balaban J connectivity index is 0.00000208. The second kappa shape index (κ2) is 8.42. The Morgan fingerprint density at radius 2 is 2.21 bits per heavy atom. The molecule has 1 aliphatic rings. The molecule has 1 amide bonds. The van der Waals surface area contributed by atoms with Gasteiger partial charge in [0, 0.05) is 29.2 Å². The first-order valence-corrected chi connectivity index (χ1v) is 9.36. The van der Waals surface area contributed by atoms with Crippen LogP contribution in [0.25, 0.3) is 10.7 Å². The van der Waals surface area contributed by atoms with Gasteiger partial charge >= 0.3 is 0 Å². The molecule has 3 N–H and O–H groups in total. The van der Waals surface area contributed by atoms with Crippen molar-refractivity contribution in [1.82, 2.24) is 15.5 Å². The maximum atomic E-state index is 12.2. The van der Waals surface area contributed by atoms with Crippen molar-refractivity contribution in [3.63, 3.8) is 0 Å². The molecule has 0 unspecified atom stereocenters. The standard InChI is InChI=1S/C15H19BrN4O2S.ClH/c16-10-7-11(23-8-10)14-18-13(22-20-14)4-3-12(21)19-15(9-17)5-1-2-6-15;/h7-8H,1-6,9,17H2,(H,19,21);1H. The molecular weight excluding hydrogens is 416 g/mol. The highest BCUT2D eigenvalue weighted by molar-refractivity contribution is 9.10. The third-order valence-corrected chi connectivity index (χ3v) is 5.86. The fourth-order valence-corrected chi connectivity index (χ4v) is 4.25. The maximum Gasteiger partial charge on any atom is 0.227 e. The van der Waals surface area contributed by atoms with Crippen LogP contribution >= 0.6 is 39.7 Å². The molecule has 2 aromatic heterocycles. The van der Waals surface area contributed by atoms with Crippen molar-refractivity contribution >= 4 is 45.6 Å². The average molecular weight is 436 g/mol. The molecule has 24 heavy (non-hydrogen) atoms. The van der Waals surface area contributed by atoms with Gasteiger partial charge < -0.3 is 15.6 Å². The zero-order valence-electron chi connectivity index (χ0n) is 13.1. The Hall–Kier alpha value is -0.960. The van der Waals surface area contributed by atoms with E-state index >= 15 is 0 Å². The lowest BCUT2D eigenvalue weighted by atomic mass is 9.97. The number of hydrogen-bond donors (Lipinski definition) is 2. The normalized spacial score (nSPS) is 15.9.